The lowest BCUT2D eigenvalue weighted by Gasteiger charge is -2.02. The number of benzene rings is 1. The number of hydrogen-bond acceptors (Lipinski definition) is 4. The molecule has 0 spiro atoms. The average Bonchev–Trinajstić information content (AvgIpc) is 2.72. The fourth-order valence-electron chi connectivity index (χ4n) is 1.77. The summed E-state index contributed by atoms with van der Waals surface area (Å²) in [6, 6.07) is 9.81. The van der Waals surface area contributed by atoms with Crippen LogP contribution >= 0.6 is 11.3 Å². The summed E-state index contributed by atoms with van der Waals surface area (Å²) in [5.41, 5.74) is 15.3. The highest BCUT2D eigenvalue weighted by Gasteiger charge is 2.04. The van der Waals surface area contributed by atoms with Crippen LogP contribution in [-0.4, -0.2) is 4.98 Å². The van der Waals surface area contributed by atoms with Crippen molar-refractivity contribution in [3.05, 3.63) is 41.9 Å². The molecule has 4 heteroatoms. The summed E-state index contributed by atoms with van der Waals surface area (Å²) in [7, 11) is 0. The average molecular weight is 241 g/mol. The highest BCUT2D eigenvalue weighted by atomic mass is 32.1. The van der Waals surface area contributed by atoms with Gasteiger partial charge in [-0.25, -0.2) is 4.98 Å². The van der Waals surface area contributed by atoms with Crippen LogP contribution in [0, 0.1) is 0 Å². The highest BCUT2D eigenvalue weighted by molar-refractivity contribution is 7.17. The van der Waals surface area contributed by atoms with Crippen molar-refractivity contribution in [2.24, 2.45) is 0 Å². The van der Waals surface area contributed by atoms with Crippen molar-refractivity contribution in [1.29, 1.82) is 0 Å². The predicted molar refractivity (Wildman–Crippen MR) is 73.9 cm³/mol. The first-order chi connectivity index (χ1) is 8.24. The van der Waals surface area contributed by atoms with Crippen molar-refractivity contribution in [3.63, 3.8) is 0 Å². The molecule has 0 atom stereocenters. The van der Waals surface area contributed by atoms with Crippen LogP contribution in [0.25, 0.3) is 21.3 Å². The SMILES string of the molecule is Nc1ccc(-c2cnc3scc(N)c3c2)cc1. The number of pyridine rings is 1. The third-order valence-electron chi connectivity index (χ3n) is 2.70. The van der Waals surface area contributed by atoms with Gasteiger partial charge in [-0.15, -0.1) is 11.3 Å². The molecule has 84 valence electrons. The fraction of sp³-hybridized carbons (Fsp3) is 0. The summed E-state index contributed by atoms with van der Waals surface area (Å²) >= 11 is 1.56. The molecular formula is C13H11N3S. The quantitative estimate of drug-likeness (QED) is 0.643. The Morgan fingerprint density at radius 3 is 2.53 bits per heavy atom. The van der Waals surface area contributed by atoms with Crippen LogP contribution in [-0.2, 0) is 0 Å². The third kappa shape index (κ3) is 1.72. The molecular weight excluding hydrogens is 230 g/mol. The molecule has 17 heavy (non-hydrogen) atoms. The monoisotopic (exact) mass is 241 g/mol. The molecule has 0 saturated carbocycles. The van der Waals surface area contributed by atoms with Gasteiger partial charge in [-0.05, 0) is 23.8 Å². The van der Waals surface area contributed by atoms with E-state index in [1.807, 2.05) is 35.8 Å². The Morgan fingerprint density at radius 2 is 1.76 bits per heavy atom. The van der Waals surface area contributed by atoms with Crippen LogP contribution < -0.4 is 11.5 Å². The second-order valence-electron chi connectivity index (χ2n) is 3.89. The van der Waals surface area contributed by atoms with E-state index in [2.05, 4.69) is 11.1 Å². The van der Waals surface area contributed by atoms with Crippen LogP contribution in [0.4, 0.5) is 11.4 Å². The fourth-order valence-corrected chi connectivity index (χ4v) is 2.55. The Hall–Kier alpha value is -2.07. The summed E-state index contributed by atoms with van der Waals surface area (Å²) < 4.78 is 0. The molecule has 4 N–H and O–H groups in total. The van der Waals surface area contributed by atoms with Gasteiger partial charge < -0.3 is 11.5 Å². The van der Waals surface area contributed by atoms with Gasteiger partial charge in [-0.3, -0.25) is 0 Å². The van der Waals surface area contributed by atoms with Crippen molar-refractivity contribution in [3.8, 4) is 11.1 Å². The van der Waals surface area contributed by atoms with E-state index in [9.17, 15) is 0 Å². The summed E-state index contributed by atoms with van der Waals surface area (Å²) in [6.45, 7) is 0. The number of nitrogen functional groups attached to an aromatic ring is 2. The molecule has 0 bridgehead atoms. The van der Waals surface area contributed by atoms with E-state index >= 15 is 0 Å². The zero-order valence-corrected chi connectivity index (χ0v) is 9.87. The van der Waals surface area contributed by atoms with Crippen LogP contribution in [0.5, 0.6) is 0 Å². The zero-order chi connectivity index (χ0) is 11.8. The second kappa shape index (κ2) is 3.75. The van der Waals surface area contributed by atoms with Crippen LogP contribution in [0.2, 0.25) is 0 Å². The van der Waals surface area contributed by atoms with E-state index in [4.69, 9.17) is 11.5 Å². The largest absolute Gasteiger partial charge is 0.399 e. The van der Waals surface area contributed by atoms with Gasteiger partial charge in [-0.2, -0.15) is 0 Å². The van der Waals surface area contributed by atoms with Gasteiger partial charge in [0, 0.05) is 28.2 Å². The molecule has 0 aliphatic carbocycles. The predicted octanol–water partition coefficient (Wildman–Crippen LogP) is 3.13. The van der Waals surface area contributed by atoms with Crippen LogP contribution in [0.3, 0.4) is 0 Å². The minimum absolute atomic E-state index is 0.762. The van der Waals surface area contributed by atoms with E-state index in [1.165, 1.54) is 0 Å². The van der Waals surface area contributed by atoms with E-state index in [0.29, 0.717) is 0 Å². The van der Waals surface area contributed by atoms with Gasteiger partial charge in [0.1, 0.15) is 4.83 Å². The van der Waals surface area contributed by atoms with Crippen LogP contribution in [0.1, 0.15) is 0 Å². The van der Waals surface area contributed by atoms with Crippen LogP contribution in [0.15, 0.2) is 41.9 Å². The van der Waals surface area contributed by atoms with Crippen molar-refractivity contribution in [1.82, 2.24) is 4.98 Å². The molecule has 3 nitrogen and oxygen atoms in total. The molecule has 3 aromatic rings. The minimum Gasteiger partial charge on any atom is -0.399 e. The van der Waals surface area contributed by atoms with E-state index < -0.39 is 0 Å². The maximum Gasteiger partial charge on any atom is 0.125 e. The van der Waals surface area contributed by atoms with Gasteiger partial charge in [0.05, 0.1) is 5.69 Å². The number of nitrogens with zero attached hydrogens (tertiary/aromatic N) is 1. The van der Waals surface area contributed by atoms with Gasteiger partial charge in [-0.1, -0.05) is 12.1 Å². The molecule has 2 heterocycles. The topological polar surface area (TPSA) is 64.9 Å². The summed E-state index contributed by atoms with van der Waals surface area (Å²) in [5, 5.41) is 2.94. The second-order valence-corrected chi connectivity index (χ2v) is 4.75. The standard InChI is InChI=1S/C13H11N3S/c14-10-3-1-8(2-4-10)9-5-11-12(15)7-17-13(11)16-6-9/h1-7H,14-15H2. The summed E-state index contributed by atoms with van der Waals surface area (Å²) in [4.78, 5) is 5.38. The molecule has 0 amide bonds. The van der Waals surface area contributed by atoms with E-state index in [0.717, 1.165) is 32.7 Å². The van der Waals surface area contributed by atoms with E-state index in [-0.39, 0.29) is 0 Å². The number of aromatic nitrogens is 1. The Morgan fingerprint density at radius 1 is 1.00 bits per heavy atom. The minimum atomic E-state index is 0.762. The Balaban J connectivity index is 2.17. The molecule has 0 unspecified atom stereocenters. The van der Waals surface area contributed by atoms with Crippen molar-refractivity contribution in [2.75, 3.05) is 11.5 Å². The molecule has 0 radical (unpaired) electrons. The summed E-state index contributed by atoms with van der Waals surface area (Å²) in [5.74, 6) is 0. The molecule has 0 saturated heterocycles. The van der Waals surface area contributed by atoms with Gasteiger partial charge in [0.25, 0.3) is 0 Å². The van der Waals surface area contributed by atoms with Gasteiger partial charge in [0.15, 0.2) is 0 Å². The first kappa shape index (κ1) is 10.1. The smallest absolute Gasteiger partial charge is 0.125 e. The Kier molecular flexibility index (Phi) is 2.23. The van der Waals surface area contributed by atoms with Crippen molar-refractivity contribution >= 4 is 32.9 Å². The van der Waals surface area contributed by atoms with E-state index in [1.54, 1.807) is 11.3 Å². The number of fused-ring (bicyclic) bond motifs is 1. The molecule has 0 aliphatic rings. The number of anilines is 2. The lowest BCUT2D eigenvalue weighted by atomic mass is 10.1. The lowest BCUT2D eigenvalue weighted by molar-refractivity contribution is 1.44. The third-order valence-corrected chi connectivity index (χ3v) is 3.62. The van der Waals surface area contributed by atoms with Gasteiger partial charge >= 0.3 is 0 Å². The molecule has 0 aliphatic heterocycles. The zero-order valence-electron chi connectivity index (χ0n) is 9.05. The highest BCUT2D eigenvalue weighted by Crippen LogP contribution is 2.30. The van der Waals surface area contributed by atoms with Crippen molar-refractivity contribution < 1.29 is 0 Å². The molecule has 3 rings (SSSR count). The Bertz CT molecular complexity index is 671. The first-order valence-corrected chi connectivity index (χ1v) is 6.10. The molecule has 2 aromatic heterocycles. The Labute approximate surface area is 103 Å². The lowest BCUT2D eigenvalue weighted by Crippen LogP contribution is -1.86. The summed E-state index contributed by atoms with van der Waals surface area (Å²) in [6.07, 6.45) is 1.86. The van der Waals surface area contributed by atoms with Gasteiger partial charge in [0.2, 0.25) is 0 Å². The molecule has 1 aromatic carbocycles. The molecule has 0 fully saturated rings. The number of rotatable bonds is 1. The number of thiophene rings is 1. The number of hydrogen-bond donors (Lipinski definition) is 2. The van der Waals surface area contributed by atoms with Crippen molar-refractivity contribution in [2.45, 2.75) is 0 Å². The first-order valence-electron chi connectivity index (χ1n) is 5.23. The normalized spacial score (nSPS) is 10.8. The maximum absolute atomic E-state index is 5.90. The number of nitrogens with two attached hydrogens (primary N) is 2. The maximum atomic E-state index is 5.90.